The summed E-state index contributed by atoms with van der Waals surface area (Å²) in [4.78, 5) is 11.6. The van der Waals surface area contributed by atoms with Gasteiger partial charge in [-0.1, -0.05) is 32.4 Å². The molecule has 0 atom stereocenters. The molecule has 1 rings (SSSR count). The van der Waals surface area contributed by atoms with Gasteiger partial charge in [0.05, 0.1) is 5.56 Å². The molecule has 0 aliphatic carbocycles. The van der Waals surface area contributed by atoms with Crippen LogP contribution in [0.5, 0.6) is 5.75 Å². The van der Waals surface area contributed by atoms with E-state index >= 15 is 0 Å². The van der Waals surface area contributed by atoms with Gasteiger partial charge in [-0.3, -0.25) is 4.79 Å². The predicted molar refractivity (Wildman–Crippen MR) is 79.3 cm³/mol. The minimum atomic E-state index is -1.96. The molecular formula is C14H21ClO2Si. The van der Waals surface area contributed by atoms with E-state index in [4.69, 9.17) is 16.0 Å². The Hall–Kier alpha value is -0.803. The third kappa shape index (κ3) is 3.36. The van der Waals surface area contributed by atoms with Crippen molar-refractivity contribution in [1.82, 2.24) is 0 Å². The summed E-state index contributed by atoms with van der Waals surface area (Å²) in [7, 11) is -1.96. The Kier molecular flexibility index (Phi) is 4.29. The van der Waals surface area contributed by atoms with Gasteiger partial charge in [-0.15, -0.1) is 0 Å². The molecule has 0 radical (unpaired) electrons. The fourth-order valence-corrected chi connectivity index (χ4v) is 2.49. The molecule has 0 aromatic heterocycles. The van der Waals surface area contributed by atoms with Crippen LogP contribution in [0.4, 0.5) is 0 Å². The number of carbonyl (C=O) groups excluding carboxylic acids is 1. The van der Waals surface area contributed by atoms with Crippen LogP contribution in [-0.4, -0.2) is 14.1 Å². The third-order valence-electron chi connectivity index (χ3n) is 3.49. The van der Waals surface area contributed by atoms with Gasteiger partial charge in [-0.25, -0.2) is 0 Å². The van der Waals surface area contributed by atoms with Crippen LogP contribution in [0.25, 0.3) is 0 Å². The quantitative estimate of drug-likeness (QED) is 0.581. The second-order valence-electron chi connectivity index (χ2n) is 6.06. The lowest BCUT2D eigenvalue weighted by atomic mass is 10.1. The van der Waals surface area contributed by atoms with Crippen molar-refractivity contribution in [3.63, 3.8) is 0 Å². The molecule has 0 saturated carbocycles. The van der Waals surface area contributed by atoms with Crippen molar-refractivity contribution in [2.45, 2.75) is 45.8 Å². The minimum absolute atomic E-state index is 0.000348. The van der Waals surface area contributed by atoms with Gasteiger partial charge in [0.15, 0.2) is 5.78 Å². The number of benzene rings is 1. The van der Waals surface area contributed by atoms with E-state index in [0.717, 1.165) is 0 Å². The maximum atomic E-state index is 11.6. The molecule has 18 heavy (non-hydrogen) atoms. The van der Waals surface area contributed by atoms with Crippen LogP contribution < -0.4 is 4.43 Å². The van der Waals surface area contributed by atoms with Gasteiger partial charge in [-0.2, -0.15) is 0 Å². The molecule has 1 aromatic rings. The maximum Gasteiger partial charge on any atom is 0.250 e. The Morgan fingerprint density at radius 3 is 2.28 bits per heavy atom. The highest BCUT2D eigenvalue weighted by Gasteiger charge is 2.39. The van der Waals surface area contributed by atoms with E-state index in [-0.39, 0.29) is 10.8 Å². The van der Waals surface area contributed by atoms with E-state index in [1.54, 1.807) is 25.1 Å². The SMILES string of the molecule is CC(=O)c1ccc(Cl)cc1O[Si](C)(C)C(C)(C)C. The molecule has 1 aromatic carbocycles. The number of Topliss-reactive ketones (excluding diaryl/α,β-unsaturated/α-hetero) is 1. The van der Waals surface area contributed by atoms with Gasteiger partial charge in [-0.05, 0) is 43.3 Å². The zero-order chi connectivity index (χ0) is 14.1. The average Bonchev–Trinajstić information content (AvgIpc) is 2.14. The van der Waals surface area contributed by atoms with Gasteiger partial charge in [0.2, 0.25) is 0 Å². The lowest BCUT2D eigenvalue weighted by Crippen LogP contribution is -2.44. The average molecular weight is 285 g/mol. The molecular weight excluding hydrogens is 264 g/mol. The minimum Gasteiger partial charge on any atom is -0.543 e. The number of hydrogen-bond acceptors (Lipinski definition) is 2. The normalized spacial score (nSPS) is 12.4. The highest BCUT2D eigenvalue weighted by atomic mass is 35.5. The molecule has 0 bridgehead atoms. The Labute approximate surface area is 115 Å². The summed E-state index contributed by atoms with van der Waals surface area (Å²) in [5.41, 5.74) is 0.601. The highest BCUT2D eigenvalue weighted by Crippen LogP contribution is 2.38. The lowest BCUT2D eigenvalue weighted by molar-refractivity contribution is 0.101. The summed E-state index contributed by atoms with van der Waals surface area (Å²) in [5.74, 6) is 0.613. The number of rotatable bonds is 3. The second kappa shape index (κ2) is 5.06. The predicted octanol–water partition coefficient (Wildman–Crippen LogP) is 4.93. The van der Waals surface area contributed by atoms with E-state index < -0.39 is 8.32 Å². The maximum absolute atomic E-state index is 11.6. The Morgan fingerprint density at radius 2 is 1.83 bits per heavy atom. The van der Waals surface area contributed by atoms with Crippen molar-refractivity contribution in [3.05, 3.63) is 28.8 Å². The van der Waals surface area contributed by atoms with Gasteiger partial charge in [0.25, 0.3) is 8.32 Å². The smallest absolute Gasteiger partial charge is 0.250 e. The largest absolute Gasteiger partial charge is 0.543 e. The lowest BCUT2D eigenvalue weighted by Gasteiger charge is -2.36. The number of hydrogen-bond donors (Lipinski definition) is 0. The molecule has 0 saturated heterocycles. The summed E-state index contributed by atoms with van der Waals surface area (Å²) in [6.07, 6.45) is 0. The summed E-state index contributed by atoms with van der Waals surface area (Å²) in [5, 5.41) is 0.678. The summed E-state index contributed by atoms with van der Waals surface area (Å²) >= 11 is 5.99. The fraction of sp³-hybridized carbons (Fsp3) is 0.500. The Balaban J connectivity index is 3.18. The molecule has 0 N–H and O–H groups in total. The summed E-state index contributed by atoms with van der Waals surface area (Å²) in [6, 6.07) is 5.18. The second-order valence-corrected chi connectivity index (χ2v) is 11.2. The molecule has 0 aliphatic rings. The van der Waals surface area contributed by atoms with E-state index in [9.17, 15) is 4.79 Å². The zero-order valence-electron chi connectivity index (χ0n) is 11.9. The van der Waals surface area contributed by atoms with Gasteiger partial charge in [0, 0.05) is 5.02 Å². The van der Waals surface area contributed by atoms with E-state index in [1.165, 1.54) is 0 Å². The van der Waals surface area contributed by atoms with E-state index in [2.05, 4.69) is 33.9 Å². The number of ketones is 1. The number of halogens is 1. The molecule has 0 heterocycles. The fourth-order valence-electron chi connectivity index (χ4n) is 1.30. The van der Waals surface area contributed by atoms with Crippen LogP contribution in [0.3, 0.4) is 0 Å². The van der Waals surface area contributed by atoms with Crippen molar-refractivity contribution in [2.75, 3.05) is 0 Å². The van der Waals surface area contributed by atoms with Crippen molar-refractivity contribution < 1.29 is 9.22 Å². The third-order valence-corrected chi connectivity index (χ3v) is 8.07. The standard InChI is InChI=1S/C14H21ClO2Si/c1-10(16)12-8-7-11(15)9-13(12)17-18(5,6)14(2,3)4/h7-9H,1-6H3. The molecule has 0 spiro atoms. The van der Waals surface area contributed by atoms with Crippen LogP contribution in [0.2, 0.25) is 23.2 Å². The number of carbonyl (C=O) groups is 1. The first-order valence-electron chi connectivity index (χ1n) is 6.04. The van der Waals surface area contributed by atoms with Crippen molar-refractivity contribution in [1.29, 1.82) is 0 Å². The van der Waals surface area contributed by atoms with Crippen LogP contribution >= 0.6 is 11.6 Å². The first-order chi connectivity index (χ1) is 8.04. The zero-order valence-corrected chi connectivity index (χ0v) is 13.7. The Morgan fingerprint density at radius 1 is 1.28 bits per heavy atom. The molecule has 0 fully saturated rings. The first kappa shape index (κ1) is 15.3. The summed E-state index contributed by atoms with van der Waals surface area (Å²) in [6.45, 7) is 12.3. The van der Waals surface area contributed by atoms with Crippen molar-refractivity contribution in [3.8, 4) is 5.75 Å². The van der Waals surface area contributed by atoms with Gasteiger partial charge >= 0.3 is 0 Å². The van der Waals surface area contributed by atoms with Crippen molar-refractivity contribution in [2.24, 2.45) is 0 Å². The van der Waals surface area contributed by atoms with Crippen LogP contribution in [0.15, 0.2) is 18.2 Å². The van der Waals surface area contributed by atoms with Crippen LogP contribution in [-0.2, 0) is 0 Å². The highest BCUT2D eigenvalue weighted by molar-refractivity contribution is 6.74. The molecule has 4 heteroatoms. The monoisotopic (exact) mass is 284 g/mol. The molecule has 0 amide bonds. The van der Waals surface area contributed by atoms with Crippen LogP contribution in [0, 0.1) is 0 Å². The molecule has 0 unspecified atom stereocenters. The van der Waals surface area contributed by atoms with Gasteiger partial charge < -0.3 is 4.43 Å². The van der Waals surface area contributed by atoms with Gasteiger partial charge in [0.1, 0.15) is 5.75 Å². The van der Waals surface area contributed by atoms with E-state index in [1.807, 2.05) is 0 Å². The van der Waals surface area contributed by atoms with Crippen LogP contribution in [0.1, 0.15) is 38.1 Å². The first-order valence-corrected chi connectivity index (χ1v) is 9.33. The van der Waals surface area contributed by atoms with Crippen molar-refractivity contribution >= 4 is 25.7 Å². The topological polar surface area (TPSA) is 26.3 Å². The Bertz CT molecular complexity index is 461. The molecule has 0 aliphatic heterocycles. The summed E-state index contributed by atoms with van der Waals surface area (Å²) < 4.78 is 6.17. The molecule has 2 nitrogen and oxygen atoms in total. The molecule has 100 valence electrons. The van der Waals surface area contributed by atoms with E-state index in [0.29, 0.717) is 16.3 Å².